The smallest absolute Gasteiger partial charge is 0.310 e. The van der Waals surface area contributed by atoms with Crippen LogP contribution in [0.25, 0.3) is 0 Å². The fraction of sp³-hybridized carbons (Fsp3) is 0.667. The average molecular weight is 219 g/mol. The molecule has 1 aliphatic rings. The Morgan fingerprint density at radius 3 is 2.80 bits per heavy atom. The van der Waals surface area contributed by atoms with E-state index >= 15 is 0 Å². The minimum absolute atomic E-state index is 0.552. The minimum atomic E-state index is -4.20. The highest BCUT2D eigenvalue weighted by Crippen LogP contribution is 2.20. The maximum absolute atomic E-state index is 12.0. The third kappa shape index (κ3) is 3.54. The lowest BCUT2D eigenvalue weighted by molar-refractivity contribution is -0.142. The van der Waals surface area contributed by atoms with Crippen molar-refractivity contribution in [2.45, 2.75) is 38.1 Å². The molecule has 1 saturated carbocycles. The zero-order valence-electron chi connectivity index (χ0n) is 8.09. The van der Waals surface area contributed by atoms with Crippen molar-refractivity contribution in [3.05, 3.63) is 18.0 Å². The molecule has 1 heterocycles. The first-order valence-electron chi connectivity index (χ1n) is 4.84. The summed E-state index contributed by atoms with van der Waals surface area (Å²) >= 11 is 0. The van der Waals surface area contributed by atoms with E-state index in [1.54, 1.807) is 0 Å². The van der Waals surface area contributed by atoms with Crippen molar-refractivity contribution in [1.29, 1.82) is 0 Å². The summed E-state index contributed by atoms with van der Waals surface area (Å²) in [4.78, 5) is 0. The van der Waals surface area contributed by atoms with Gasteiger partial charge in [-0.1, -0.05) is 0 Å². The van der Waals surface area contributed by atoms with E-state index in [4.69, 9.17) is 0 Å². The second kappa shape index (κ2) is 3.84. The highest BCUT2D eigenvalue weighted by molar-refractivity contribution is 5.04. The van der Waals surface area contributed by atoms with Crippen molar-refractivity contribution in [2.24, 2.45) is 0 Å². The first kappa shape index (κ1) is 10.5. The number of nitrogens with zero attached hydrogens (tertiary/aromatic N) is 2. The quantitative estimate of drug-likeness (QED) is 0.835. The summed E-state index contributed by atoms with van der Waals surface area (Å²) in [5, 5.41) is 6.87. The molecule has 0 saturated heterocycles. The fourth-order valence-corrected chi connectivity index (χ4v) is 1.32. The first-order valence-corrected chi connectivity index (χ1v) is 4.84. The predicted octanol–water partition coefficient (Wildman–Crippen LogP) is 1.70. The van der Waals surface area contributed by atoms with E-state index in [0.717, 1.165) is 23.1 Å². The highest BCUT2D eigenvalue weighted by Gasteiger charge is 2.28. The summed E-state index contributed by atoms with van der Waals surface area (Å²) in [6.07, 6.45) is 1.03. The largest absolute Gasteiger partial charge is 0.408 e. The number of nitrogens with one attached hydrogen (secondary N) is 1. The normalized spacial score (nSPS) is 17.0. The van der Waals surface area contributed by atoms with Gasteiger partial charge in [0, 0.05) is 24.3 Å². The van der Waals surface area contributed by atoms with Gasteiger partial charge in [-0.05, 0) is 12.8 Å². The van der Waals surface area contributed by atoms with Crippen LogP contribution in [0.3, 0.4) is 0 Å². The van der Waals surface area contributed by atoms with Gasteiger partial charge in [0.05, 0.1) is 6.20 Å². The molecule has 15 heavy (non-hydrogen) atoms. The lowest BCUT2D eigenvalue weighted by Gasteiger charge is -2.05. The molecule has 0 aliphatic heterocycles. The number of alkyl halides is 3. The molecule has 1 aromatic rings. The maximum atomic E-state index is 12.0. The van der Waals surface area contributed by atoms with Gasteiger partial charge >= 0.3 is 6.18 Å². The molecule has 1 aliphatic carbocycles. The Labute approximate surface area is 85.3 Å². The maximum Gasteiger partial charge on any atom is 0.408 e. The Bertz CT molecular complexity index is 328. The molecule has 0 bridgehead atoms. The van der Waals surface area contributed by atoms with Crippen molar-refractivity contribution in [1.82, 2.24) is 15.1 Å². The van der Waals surface area contributed by atoms with Gasteiger partial charge in [-0.15, -0.1) is 0 Å². The molecule has 0 spiro atoms. The summed E-state index contributed by atoms with van der Waals surface area (Å²) < 4.78 is 36.9. The van der Waals surface area contributed by atoms with Gasteiger partial charge in [0.2, 0.25) is 0 Å². The number of hydrogen-bond donors (Lipinski definition) is 1. The SMILES string of the molecule is FC(F)(F)Cn1cc(CNC2CC2)cn1. The Morgan fingerprint density at radius 1 is 1.47 bits per heavy atom. The molecule has 0 aromatic carbocycles. The van der Waals surface area contributed by atoms with Gasteiger partial charge in [-0.2, -0.15) is 18.3 Å². The van der Waals surface area contributed by atoms with Crippen LogP contribution in [0.15, 0.2) is 12.4 Å². The molecule has 0 radical (unpaired) electrons. The molecule has 1 fully saturated rings. The Kier molecular flexibility index (Phi) is 2.68. The van der Waals surface area contributed by atoms with E-state index in [1.165, 1.54) is 12.4 Å². The van der Waals surface area contributed by atoms with E-state index < -0.39 is 12.7 Å². The summed E-state index contributed by atoms with van der Waals surface area (Å²) in [5.74, 6) is 0. The van der Waals surface area contributed by atoms with Gasteiger partial charge in [0.25, 0.3) is 0 Å². The summed E-state index contributed by atoms with van der Waals surface area (Å²) in [5.41, 5.74) is 0.797. The van der Waals surface area contributed by atoms with Gasteiger partial charge in [-0.25, -0.2) is 0 Å². The van der Waals surface area contributed by atoms with Crippen LogP contribution >= 0.6 is 0 Å². The van der Waals surface area contributed by atoms with Crippen LogP contribution in [0.1, 0.15) is 18.4 Å². The van der Waals surface area contributed by atoms with Gasteiger partial charge in [0.1, 0.15) is 6.54 Å². The zero-order chi connectivity index (χ0) is 10.9. The number of rotatable bonds is 4. The average Bonchev–Trinajstić information content (AvgIpc) is 2.83. The Balaban J connectivity index is 1.85. The van der Waals surface area contributed by atoms with Crippen molar-refractivity contribution in [3.63, 3.8) is 0 Å². The van der Waals surface area contributed by atoms with E-state index in [1.807, 2.05) is 0 Å². The standard InChI is InChI=1S/C9H12F3N3/c10-9(11,12)6-15-5-7(4-14-15)3-13-8-1-2-8/h4-5,8,13H,1-3,6H2. The van der Waals surface area contributed by atoms with Gasteiger partial charge < -0.3 is 5.32 Å². The molecule has 1 aromatic heterocycles. The number of halogens is 3. The zero-order valence-corrected chi connectivity index (χ0v) is 8.09. The van der Waals surface area contributed by atoms with E-state index in [-0.39, 0.29) is 0 Å². The third-order valence-corrected chi connectivity index (χ3v) is 2.20. The van der Waals surface area contributed by atoms with Crippen LogP contribution in [0.5, 0.6) is 0 Å². The molecule has 0 amide bonds. The molecular weight excluding hydrogens is 207 g/mol. The van der Waals surface area contributed by atoms with Crippen LogP contribution in [0.4, 0.5) is 13.2 Å². The van der Waals surface area contributed by atoms with Crippen molar-refractivity contribution >= 4 is 0 Å². The highest BCUT2D eigenvalue weighted by atomic mass is 19.4. The van der Waals surface area contributed by atoms with Gasteiger partial charge in [-0.3, -0.25) is 4.68 Å². The fourth-order valence-electron chi connectivity index (χ4n) is 1.32. The molecule has 1 N–H and O–H groups in total. The number of hydrogen-bond acceptors (Lipinski definition) is 2. The topological polar surface area (TPSA) is 29.9 Å². The van der Waals surface area contributed by atoms with E-state index in [9.17, 15) is 13.2 Å². The molecular formula is C9H12F3N3. The summed E-state index contributed by atoms with van der Waals surface area (Å²) in [6, 6.07) is 0.552. The molecule has 0 unspecified atom stereocenters. The van der Waals surface area contributed by atoms with Crippen molar-refractivity contribution in [2.75, 3.05) is 0 Å². The lowest BCUT2D eigenvalue weighted by atomic mass is 10.3. The molecule has 6 heteroatoms. The predicted molar refractivity (Wildman–Crippen MR) is 48.1 cm³/mol. The lowest BCUT2D eigenvalue weighted by Crippen LogP contribution is -2.18. The monoisotopic (exact) mass is 219 g/mol. The Morgan fingerprint density at radius 2 is 2.20 bits per heavy atom. The molecule has 0 atom stereocenters. The van der Waals surface area contributed by atoms with Crippen LogP contribution in [-0.4, -0.2) is 22.0 Å². The first-order chi connectivity index (χ1) is 7.03. The van der Waals surface area contributed by atoms with Crippen LogP contribution in [0, 0.1) is 0 Å². The minimum Gasteiger partial charge on any atom is -0.310 e. The van der Waals surface area contributed by atoms with Gasteiger partial charge in [0.15, 0.2) is 0 Å². The third-order valence-electron chi connectivity index (χ3n) is 2.20. The second-order valence-electron chi connectivity index (χ2n) is 3.82. The number of aromatic nitrogens is 2. The van der Waals surface area contributed by atoms with Crippen molar-refractivity contribution in [3.8, 4) is 0 Å². The molecule has 2 rings (SSSR count). The van der Waals surface area contributed by atoms with Crippen molar-refractivity contribution < 1.29 is 13.2 Å². The summed E-state index contributed by atoms with van der Waals surface area (Å²) in [7, 11) is 0. The summed E-state index contributed by atoms with van der Waals surface area (Å²) in [6.45, 7) is -0.418. The molecule has 3 nitrogen and oxygen atoms in total. The van der Waals surface area contributed by atoms with Crippen LogP contribution in [0.2, 0.25) is 0 Å². The molecule has 84 valence electrons. The van der Waals surface area contributed by atoms with Crippen LogP contribution in [-0.2, 0) is 13.1 Å². The van der Waals surface area contributed by atoms with Crippen LogP contribution < -0.4 is 5.32 Å². The Hall–Kier alpha value is -1.04. The second-order valence-corrected chi connectivity index (χ2v) is 3.82. The van der Waals surface area contributed by atoms with E-state index in [0.29, 0.717) is 12.6 Å². The van der Waals surface area contributed by atoms with E-state index in [2.05, 4.69) is 10.4 Å².